The van der Waals surface area contributed by atoms with E-state index in [0.29, 0.717) is 23.1 Å². The number of fused-ring (bicyclic) bond motifs is 1. The molecule has 1 aromatic heterocycles. The van der Waals surface area contributed by atoms with Gasteiger partial charge in [0, 0.05) is 34.2 Å². The van der Waals surface area contributed by atoms with Crippen molar-refractivity contribution in [3.05, 3.63) is 58.4 Å². The molecule has 0 bridgehead atoms. The minimum absolute atomic E-state index is 0.0838. The highest BCUT2D eigenvalue weighted by Crippen LogP contribution is 2.26. The van der Waals surface area contributed by atoms with E-state index >= 15 is 0 Å². The summed E-state index contributed by atoms with van der Waals surface area (Å²) in [6, 6.07) is 9.54. The largest absolute Gasteiger partial charge is 0.378 e. The van der Waals surface area contributed by atoms with E-state index in [0.717, 1.165) is 10.9 Å². The summed E-state index contributed by atoms with van der Waals surface area (Å²) in [7, 11) is 0. The van der Waals surface area contributed by atoms with Crippen LogP contribution in [0.2, 0.25) is 0 Å². The normalized spacial score (nSPS) is 17.5. The Balaban J connectivity index is 1.39. The summed E-state index contributed by atoms with van der Waals surface area (Å²) in [4.78, 5) is 26.6. The van der Waals surface area contributed by atoms with Crippen LogP contribution in [0.5, 0.6) is 0 Å². The third kappa shape index (κ3) is 4.01. The molecule has 29 heavy (non-hydrogen) atoms. The second kappa shape index (κ2) is 7.92. The molecule has 1 aliphatic heterocycles. The van der Waals surface area contributed by atoms with E-state index in [1.165, 1.54) is 17.0 Å². The third-order valence-electron chi connectivity index (χ3n) is 5.07. The molecule has 0 spiro atoms. The van der Waals surface area contributed by atoms with Gasteiger partial charge in [-0.15, -0.1) is 0 Å². The fourth-order valence-electron chi connectivity index (χ4n) is 3.47. The number of carbonyl (C=O) groups excluding carboxylic acids is 2. The molecule has 150 valence electrons. The monoisotopic (exact) mass is 460 g/mol. The topological polar surface area (TPSA) is 98.3 Å². The number of amides is 2. The summed E-state index contributed by atoms with van der Waals surface area (Å²) >= 11 is 3.14. The molecule has 1 fully saturated rings. The van der Waals surface area contributed by atoms with E-state index in [1.807, 2.05) is 12.1 Å². The molecule has 2 amide bonds. The fourth-order valence-corrected chi connectivity index (χ4v) is 3.80. The molecule has 0 aliphatic carbocycles. The molecular formula is C20H18BrFN4O3. The van der Waals surface area contributed by atoms with Crippen LogP contribution < -0.4 is 5.32 Å². The molecule has 2 atom stereocenters. The van der Waals surface area contributed by atoms with Crippen molar-refractivity contribution < 1.29 is 19.1 Å². The number of nitrogens with zero attached hydrogens (tertiary/aromatic N) is 2. The van der Waals surface area contributed by atoms with E-state index in [-0.39, 0.29) is 18.0 Å². The number of hydrogen-bond donors (Lipinski definition) is 3. The van der Waals surface area contributed by atoms with Crippen LogP contribution in [0.25, 0.3) is 10.9 Å². The quantitative estimate of drug-likeness (QED) is 0.557. The summed E-state index contributed by atoms with van der Waals surface area (Å²) < 4.78 is 14.6. The first-order valence-corrected chi connectivity index (χ1v) is 9.87. The van der Waals surface area contributed by atoms with Gasteiger partial charge in [-0.1, -0.05) is 22.0 Å². The predicted octanol–water partition coefficient (Wildman–Crippen LogP) is 2.99. The van der Waals surface area contributed by atoms with Gasteiger partial charge in [0.15, 0.2) is 6.10 Å². The molecular weight excluding hydrogens is 443 g/mol. The molecule has 0 saturated carbocycles. The highest BCUT2D eigenvalue weighted by Gasteiger charge is 2.34. The summed E-state index contributed by atoms with van der Waals surface area (Å²) in [6.45, 7) is 0.501. The van der Waals surface area contributed by atoms with E-state index in [9.17, 15) is 19.1 Å². The lowest BCUT2D eigenvalue weighted by Crippen LogP contribution is -2.35. The van der Waals surface area contributed by atoms with Crippen LogP contribution in [-0.4, -0.2) is 45.1 Å². The lowest BCUT2D eigenvalue weighted by molar-refractivity contribution is -0.139. The highest BCUT2D eigenvalue weighted by atomic mass is 79.9. The number of carbonyl (C=O) groups is 2. The Morgan fingerprint density at radius 1 is 1.31 bits per heavy atom. The maximum Gasteiger partial charge on any atom is 0.256 e. The van der Waals surface area contributed by atoms with E-state index in [4.69, 9.17) is 0 Å². The minimum Gasteiger partial charge on any atom is -0.378 e. The average Bonchev–Trinajstić information content (AvgIpc) is 3.36. The second-order valence-electron chi connectivity index (χ2n) is 7.00. The number of likely N-dealkylation sites (tertiary alicyclic amines) is 1. The van der Waals surface area contributed by atoms with Crippen LogP contribution in [0.4, 0.5) is 10.1 Å². The van der Waals surface area contributed by atoms with Crippen LogP contribution in [-0.2, 0) is 9.59 Å². The van der Waals surface area contributed by atoms with Crippen molar-refractivity contribution in [1.82, 2.24) is 15.1 Å². The molecule has 1 aliphatic rings. The number of rotatable bonds is 4. The number of aliphatic hydroxyl groups excluding tert-OH is 1. The molecule has 4 rings (SSSR count). The zero-order chi connectivity index (χ0) is 20.5. The van der Waals surface area contributed by atoms with Crippen molar-refractivity contribution in [1.29, 1.82) is 0 Å². The van der Waals surface area contributed by atoms with Crippen molar-refractivity contribution in [3.63, 3.8) is 0 Å². The lowest BCUT2D eigenvalue weighted by atomic mass is 10.1. The standard InChI is InChI=1S/C20H18BrFN4O3/c21-13-1-3-15(16(22)8-13)18(27)20(29)26-6-5-11(10-26)19(28)24-14-2-4-17-12(7-14)9-23-25-17/h1-4,7-9,11,18,27H,5-6,10H2,(H,23,25)(H,24,28)/t11-,18?/m1/s1. The van der Waals surface area contributed by atoms with Gasteiger partial charge in [-0.3, -0.25) is 14.7 Å². The molecule has 0 radical (unpaired) electrons. The maximum absolute atomic E-state index is 14.1. The number of aromatic amines is 1. The lowest BCUT2D eigenvalue weighted by Gasteiger charge is -2.20. The molecule has 1 saturated heterocycles. The van der Waals surface area contributed by atoms with E-state index in [1.54, 1.807) is 18.3 Å². The van der Waals surface area contributed by atoms with Crippen LogP contribution in [0.15, 0.2) is 47.1 Å². The zero-order valence-corrected chi connectivity index (χ0v) is 16.8. The number of benzene rings is 2. The first-order valence-electron chi connectivity index (χ1n) is 9.08. The first-order chi connectivity index (χ1) is 13.9. The van der Waals surface area contributed by atoms with Gasteiger partial charge < -0.3 is 15.3 Å². The molecule has 2 aromatic carbocycles. The molecule has 1 unspecified atom stereocenters. The van der Waals surface area contributed by atoms with Crippen molar-refractivity contribution >= 4 is 44.3 Å². The number of H-pyrrole nitrogens is 1. The number of nitrogens with one attached hydrogen (secondary N) is 2. The van der Waals surface area contributed by atoms with Gasteiger partial charge in [0.1, 0.15) is 5.82 Å². The second-order valence-corrected chi connectivity index (χ2v) is 7.92. The molecule has 2 heterocycles. The highest BCUT2D eigenvalue weighted by molar-refractivity contribution is 9.10. The number of anilines is 1. The predicted molar refractivity (Wildman–Crippen MR) is 108 cm³/mol. The summed E-state index contributed by atoms with van der Waals surface area (Å²) in [5.74, 6) is -1.88. The Hall–Kier alpha value is -2.78. The minimum atomic E-state index is -1.60. The van der Waals surface area contributed by atoms with Crippen molar-refractivity contribution in [2.75, 3.05) is 18.4 Å². The summed E-state index contributed by atoms with van der Waals surface area (Å²) in [5, 5.41) is 20.8. The van der Waals surface area contributed by atoms with Crippen molar-refractivity contribution in [2.45, 2.75) is 12.5 Å². The third-order valence-corrected chi connectivity index (χ3v) is 5.56. The Labute approximate surface area is 174 Å². The number of hydrogen-bond acceptors (Lipinski definition) is 4. The number of aromatic nitrogens is 2. The fraction of sp³-hybridized carbons (Fsp3) is 0.250. The molecule has 3 aromatic rings. The van der Waals surface area contributed by atoms with Gasteiger partial charge >= 0.3 is 0 Å². The Bertz CT molecular complexity index is 1090. The van der Waals surface area contributed by atoms with E-state index in [2.05, 4.69) is 31.4 Å². The van der Waals surface area contributed by atoms with Crippen molar-refractivity contribution in [2.24, 2.45) is 5.92 Å². The van der Waals surface area contributed by atoms with Gasteiger partial charge in [-0.25, -0.2) is 4.39 Å². The zero-order valence-electron chi connectivity index (χ0n) is 15.2. The van der Waals surface area contributed by atoms with Crippen LogP contribution in [0, 0.1) is 11.7 Å². The van der Waals surface area contributed by atoms with Gasteiger partial charge in [0.25, 0.3) is 5.91 Å². The molecule has 7 nitrogen and oxygen atoms in total. The molecule has 3 N–H and O–H groups in total. The van der Waals surface area contributed by atoms with Crippen molar-refractivity contribution in [3.8, 4) is 0 Å². The smallest absolute Gasteiger partial charge is 0.256 e. The van der Waals surface area contributed by atoms with Gasteiger partial charge in [-0.2, -0.15) is 5.10 Å². The average molecular weight is 461 g/mol. The Morgan fingerprint density at radius 2 is 2.14 bits per heavy atom. The SMILES string of the molecule is O=C(Nc1ccc2[nH]ncc2c1)[C@@H]1CCN(C(=O)C(O)c2ccc(Br)cc2F)C1. The summed E-state index contributed by atoms with van der Waals surface area (Å²) in [6.07, 6.45) is 0.540. The van der Waals surface area contributed by atoms with Crippen LogP contribution >= 0.6 is 15.9 Å². The first kappa shape index (κ1) is 19.5. The van der Waals surface area contributed by atoms with Gasteiger partial charge in [0.05, 0.1) is 17.6 Å². The maximum atomic E-state index is 14.1. The van der Waals surface area contributed by atoms with E-state index < -0.39 is 23.7 Å². The Morgan fingerprint density at radius 3 is 2.93 bits per heavy atom. The number of aliphatic hydroxyl groups is 1. The Kier molecular flexibility index (Phi) is 5.33. The number of halogens is 2. The molecule has 9 heteroatoms. The van der Waals surface area contributed by atoms with Gasteiger partial charge in [-0.05, 0) is 36.8 Å². The van der Waals surface area contributed by atoms with Gasteiger partial charge in [0.2, 0.25) is 5.91 Å². The van der Waals surface area contributed by atoms with Crippen LogP contribution in [0.1, 0.15) is 18.1 Å². The summed E-state index contributed by atoms with van der Waals surface area (Å²) in [5.41, 5.74) is 1.43. The van der Waals surface area contributed by atoms with Crippen LogP contribution in [0.3, 0.4) is 0 Å².